The number of rotatable bonds is 6. The number of aromatic nitrogens is 3. The van der Waals surface area contributed by atoms with Gasteiger partial charge in [0, 0.05) is 7.11 Å². The van der Waals surface area contributed by atoms with Crippen molar-refractivity contribution in [1.29, 1.82) is 0 Å². The van der Waals surface area contributed by atoms with Crippen LogP contribution in [0.5, 0.6) is 0 Å². The van der Waals surface area contributed by atoms with Crippen molar-refractivity contribution in [3.63, 3.8) is 0 Å². The third-order valence-electron chi connectivity index (χ3n) is 4.32. The predicted octanol–water partition coefficient (Wildman–Crippen LogP) is 2.53. The van der Waals surface area contributed by atoms with Gasteiger partial charge in [0.1, 0.15) is 6.61 Å². The molecule has 0 aliphatic heterocycles. The van der Waals surface area contributed by atoms with Crippen LogP contribution in [0.3, 0.4) is 0 Å². The maximum atomic E-state index is 12.0. The van der Waals surface area contributed by atoms with Gasteiger partial charge >= 0.3 is 5.97 Å². The van der Waals surface area contributed by atoms with E-state index in [1.807, 2.05) is 11.6 Å². The first-order valence-corrected chi connectivity index (χ1v) is 7.75. The quantitative estimate of drug-likeness (QED) is 0.596. The molecule has 0 radical (unpaired) electrons. The fourth-order valence-corrected chi connectivity index (χ4v) is 3.02. The maximum absolute atomic E-state index is 12.0. The Labute approximate surface area is 125 Å². The van der Waals surface area contributed by atoms with Crippen LogP contribution in [0.15, 0.2) is 0 Å². The van der Waals surface area contributed by atoms with Crippen molar-refractivity contribution in [2.75, 3.05) is 20.3 Å². The molecule has 21 heavy (non-hydrogen) atoms. The molecule has 1 fully saturated rings. The Hall–Kier alpha value is -1.43. The average Bonchev–Trinajstić information content (AvgIpc) is 2.89. The van der Waals surface area contributed by atoms with Gasteiger partial charge in [-0.2, -0.15) is 0 Å². The molecular weight excluding hydrogens is 270 g/mol. The van der Waals surface area contributed by atoms with Crippen LogP contribution in [0.2, 0.25) is 0 Å². The summed E-state index contributed by atoms with van der Waals surface area (Å²) in [5.41, 5.74) is 1.13. The lowest BCUT2D eigenvalue weighted by Gasteiger charge is -2.28. The second-order valence-corrected chi connectivity index (χ2v) is 5.69. The first-order chi connectivity index (χ1) is 10.2. The molecule has 1 aliphatic carbocycles. The summed E-state index contributed by atoms with van der Waals surface area (Å²) >= 11 is 0. The van der Waals surface area contributed by atoms with Crippen LogP contribution in [0.1, 0.15) is 61.3 Å². The van der Waals surface area contributed by atoms with Gasteiger partial charge in [0.25, 0.3) is 0 Å². The predicted molar refractivity (Wildman–Crippen MR) is 78.2 cm³/mol. The molecule has 1 saturated carbocycles. The summed E-state index contributed by atoms with van der Waals surface area (Å²) in [6.07, 6.45) is 5.95. The van der Waals surface area contributed by atoms with Crippen molar-refractivity contribution in [2.24, 2.45) is 5.92 Å². The van der Waals surface area contributed by atoms with Crippen molar-refractivity contribution >= 4 is 5.97 Å². The molecule has 1 aromatic heterocycles. The highest BCUT2D eigenvalue weighted by molar-refractivity contribution is 5.88. The molecule has 2 rings (SSSR count). The Balaban J connectivity index is 2.04. The van der Waals surface area contributed by atoms with Gasteiger partial charge in [0.15, 0.2) is 5.69 Å². The SMILES string of the molecule is CCC1CCCC(n2nnc(C(=O)OCCOC)c2C)C1. The summed E-state index contributed by atoms with van der Waals surface area (Å²) in [5.74, 6) is 0.336. The first-order valence-electron chi connectivity index (χ1n) is 7.75. The van der Waals surface area contributed by atoms with Crippen molar-refractivity contribution in [3.8, 4) is 0 Å². The summed E-state index contributed by atoms with van der Waals surface area (Å²) in [7, 11) is 1.57. The number of esters is 1. The standard InChI is InChI=1S/C15H25N3O3/c1-4-12-6-5-7-13(10-12)18-11(2)14(16-17-18)15(19)21-9-8-20-3/h12-13H,4-10H2,1-3H3. The Morgan fingerprint density at radius 1 is 1.38 bits per heavy atom. The third kappa shape index (κ3) is 3.81. The van der Waals surface area contributed by atoms with E-state index in [1.165, 1.54) is 19.3 Å². The summed E-state index contributed by atoms with van der Waals surface area (Å²) in [6.45, 7) is 4.75. The zero-order valence-electron chi connectivity index (χ0n) is 13.2. The molecule has 1 heterocycles. The molecule has 0 bridgehead atoms. The Morgan fingerprint density at radius 2 is 2.19 bits per heavy atom. The van der Waals surface area contributed by atoms with Gasteiger partial charge in [-0.25, -0.2) is 9.48 Å². The summed E-state index contributed by atoms with van der Waals surface area (Å²) in [6, 6.07) is 0.358. The minimum atomic E-state index is -0.418. The Kier molecular flexibility index (Phi) is 5.73. The molecule has 6 nitrogen and oxygen atoms in total. The van der Waals surface area contributed by atoms with Gasteiger partial charge in [0.05, 0.1) is 18.3 Å². The van der Waals surface area contributed by atoms with Gasteiger partial charge in [-0.15, -0.1) is 5.10 Å². The molecule has 118 valence electrons. The molecule has 0 amide bonds. The van der Waals surface area contributed by atoms with E-state index in [2.05, 4.69) is 17.2 Å². The van der Waals surface area contributed by atoms with Crippen LogP contribution >= 0.6 is 0 Å². The van der Waals surface area contributed by atoms with Crippen LogP contribution in [0, 0.1) is 12.8 Å². The molecule has 0 aromatic carbocycles. The van der Waals surface area contributed by atoms with Crippen LogP contribution < -0.4 is 0 Å². The topological polar surface area (TPSA) is 66.2 Å². The van der Waals surface area contributed by atoms with Crippen molar-refractivity contribution < 1.29 is 14.3 Å². The monoisotopic (exact) mass is 295 g/mol. The Bertz CT molecular complexity index is 473. The minimum absolute atomic E-state index is 0.239. The summed E-state index contributed by atoms with van der Waals surface area (Å²) < 4.78 is 11.9. The molecule has 1 aliphatic rings. The molecular formula is C15H25N3O3. The van der Waals surface area contributed by atoms with E-state index in [-0.39, 0.29) is 6.61 Å². The van der Waals surface area contributed by atoms with Crippen LogP contribution in [-0.4, -0.2) is 41.3 Å². The van der Waals surface area contributed by atoms with Crippen LogP contribution in [0.25, 0.3) is 0 Å². The highest BCUT2D eigenvalue weighted by atomic mass is 16.6. The lowest BCUT2D eigenvalue weighted by atomic mass is 9.84. The van der Waals surface area contributed by atoms with Crippen LogP contribution in [0.4, 0.5) is 0 Å². The van der Waals surface area contributed by atoms with E-state index >= 15 is 0 Å². The number of hydrogen-bond donors (Lipinski definition) is 0. The lowest BCUT2D eigenvalue weighted by Crippen LogP contribution is -2.21. The second-order valence-electron chi connectivity index (χ2n) is 5.69. The van der Waals surface area contributed by atoms with E-state index in [0.29, 0.717) is 18.3 Å². The summed E-state index contributed by atoms with van der Waals surface area (Å²) in [5, 5.41) is 8.21. The summed E-state index contributed by atoms with van der Waals surface area (Å²) in [4.78, 5) is 12.0. The van der Waals surface area contributed by atoms with Gasteiger partial charge < -0.3 is 9.47 Å². The fraction of sp³-hybridized carbons (Fsp3) is 0.800. The van der Waals surface area contributed by atoms with Gasteiger partial charge in [-0.3, -0.25) is 0 Å². The van der Waals surface area contributed by atoms with E-state index in [1.54, 1.807) is 7.11 Å². The highest BCUT2D eigenvalue weighted by Crippen LogP contribution is 2.34. The van der Waals surface area contributed by atoms with Crippen molar-refractivity contribution in [3.05, 3.63) is 11.4 Å². The fourth-order valence-electron chi connectivity index (χ4n) is 3.02. The van der Waals surface area contributed by atoms with E-state index in [0.717, 1.165) is 24.5 Å². The number of nitrogens with zero attached hydrogens (tertiary/aromatic N) is 3. The van der Waals surface area contributed by atoms with E-state index < -0.39 is 5.97 Å². The third-order valence-corrected chi connectivity index (χ3v) is 4.32. The van der Waals surface area contributed by atoms with Gasteiger partial charge in [0.2, 0.25) is 0 Å². The molecule has 0 spiro atoms. The van der Waals surface area contributed by atoms with Crippen LogP contribution in [-0.2, 0) is 9.47 Å². The smallest absolute Gasteiger partial charge is 0.360 e. The number of carbonyl (C=O) groups excluding carboxylic acids is 1. The van der Waals surface area contributed by atoms with E-state index in [9.17, 15) is 4.79 Å². The molecule has 2 unspecified atom stereocenters. The zero-order chi connectivity index (χ0) is 15.2. The molecule has 2 atom stereocenters. The first kappa shape index (κ1) is 15.9. The van der Waals surface area contributed by atoms with E-state index in [4.69, 9.17) is 9.47 Å². The molecule has 0 N–H and O–H groups in total. The highest BCUT2D eigenvalue weighted by Gasteiger charge is 2.26. The number of ether oxygens (including phenoxy) is 2. The maximum Gasteiger partial charge on any atom is 0.360 e. The van der Waals surface area contributed by atoms with Crippen molar-refractivity contribution in [1.82, 2.24) is 15.0 Å². The zero-order valence-corrected chi connectivity index (χ0v) is 13.2. The molecule has 6 heteroatoms. The van der Waals surface area contributed by atoms with Crippen molar-refractivity contribution in [2.45, 2.75) is 52.0 Å². The lowest BCUT2D eigenvalue weighted by molar-refractivity contribution is 0.0380. The molecule has 1 aromatic rings. The average molecular weight is 295 g/mol. The Morgan fingerprint density at radius 3 is 2.90 bits per heavy atom. The number of hydrogen-bond acceptors (Lipinski definition) is 5. The normalized spacial score (nSPS) is 22.2. The number of carbonyl (C=O) groups is 1. The largest absolute Gasteiger partial charge is 0.458 e. The van der Waals surface area contributed by atoms with Gasteiger partial charge in [-0.1, -0.05) is 31.4 Å². The minimum Gasteiger partial charge on any atom is -0.458 e. The second kappa shape index (κ2) is 7.54. The van der Waals surface area contributed by atoms with Gasteiger partial charge in [-0.05, 0) is 25.7 Å². The molecule has 0 saturated heterocycles. The number of methoxy groups -OCH3 is 1.